The van der Waals surface area contributed by atoms with Gasteiger partial charge in [0.15, 0.2) is 5.82 Å². The molecule has 0 unspecified atom stereocenters. The van der Waals surface area contributed by atoms with Crippen molar-refractivity contribution in [3.05, 3.63) is 42.4 Å². The number of nitrogens with two attached hydrogens (primary N) is 1. The third-order valence-corrected chi connectivity index (χ3v) is 2.44. The second kappa shape index (κ2) is 6.48. The first kappa shape index (κ1) is 13.8. The van der Waals surface area contributed by atoms with E-state index in [0.29, 0.717) is 18.1 Å². The minimum Gasteiger partial charge on any atom is -0.494 e. The highest BCUT2D eigenvalue weighted by Crippen LogP contribution is 2.16. The Morgan fingerprint density at radius 1 is 1.30 bits per heavy atom. The number of rotatable bonds is 5. The van der Waals surface area contributed by atoms with Crippen molar-refractivity contribution in [2.45, 2.75) is 6.92 Å². The largest absolute Gasteiger partial charge is 0.494 e. The van der Waals surface area contributed by atoms with Gasteiger partial charge in [0, 0.05) is 5.69 Å². The molecule has 0 bridgehead atoms. The molecule has 7 heteroatoms. The maximum atomic E-state index is 12.0. The van der Waals surface area contributed by atoms with Gasteiger partial charge in [0.05, 0.1) is 19.0 Å². The molecule has 20 heavy (non-hydrogen) atoms. The van der Waals surface area contributed by atoms with Gasteiger partial charge in [-0.25, -0.2) is 10.8 Å². The Kier molecular flexibility index (Phi) is 4.46. The highest BCUT2D eigenvalue weighted by Gasteiger charge is 2.09. The minimum atomic E-state index is -0.362. The molecule has 1 amide bonds. The van der Waals surface area contributed by atoms with Crippen molar-refractivity contribution in [3.63, 3.8) is 0 Å². The predicted molar refractivity (Wildman–Crippen MR) is 75.4 cm³/mol. The molecule has 1 aromatic carbocycles. The van der Waals surface area contributed by atoms with Crippen LogP contribution in [-0.2, 0) is 0 Å². The van der Waals surface area contributed by atoms with E-state index in [2.05, 4.69) is 20.7 Å². The van der Waals surface area contributed by atoms with Crippen LogP contribution in [0.5, 0.6) is 5.75 Å². The van der Waals surface area contributed by atoms with Crippen LogP contribution < -0.4 is 21.3 Å². The van der Waals surface area contributed by atoms with Crippen LogP contribution in [0.1, 0.15) is 17.4 Å². The van der Waals surface area contributed by atoms with Gasteiger partial charge >= 0.3 is 0 Å². The Labute approximate surface area is 116 Å². The first-order chi connectivity index (χ1) is 9.72. The van der Waals surface area contributed by atoms with Crippen molar-refractivity contribution in [2.75, 3.05) is 17.3 Å². The van der Waals surface area contributed by atoms with Gasteiger partial charge in [0.2, 0.25) is 0 Å². The molecule has 4 N–H and O–H groups in total. The highest BCUT2D eigenvalue weighted by atomic mass is 16.5. The van der Waals surface area contributed by atoms with Crippen molar-refractivity contribution >= 4 is 17.4 Å². The van der Waals surface area contributed by atoms with Gasteiger partial charge in [0.25, 0.3) is 5.91 Å². The lowest BCUT2D eigenvalue weighted by Crippen LogP contribution is -2.16. The topological polar surface area (TPSA) is 102 Å². The number of hydrogen-bond acceptors (Lipinski definition) is 6. The summed E-state index contributed by atoms with van der Waals surface area (Å²) in [6, 6.07) is 7.06. The molecular formula is C13H15N5O2. The zero-order valence-corrected chi connectivity index (χ0v) is 11.0. The number of nitrogens with one attached hydrogen (secondary N) is 2. The summed E-state index contributed by atoms with van der Waals surface area (Å²) >= 11 is 0. The van der Waals surface area contributed by atoms with Crippen LogP contribution >= 0.6 is 0 Å². The van der Waals surface area contributed by atoms with E-state index >= 15 is 0 Å². The summed E-state index contributed by atoms with van der Waals surface area (Å²) in [4.78, 5) is 19.8. The van der Waals surface area contributed by atoms with E-state index in [9.17, 15) is 4.79 Å². The summed E-state index contributed by atoms with van der Waals surface area (Å²) in [5, 5.41) is 2.71. The maximum Gasteiger partial charge on any atom is 0.275 e. The van der Waals surface area contributed by atoms with E-state index in [-0.39, 0.29) is 11.6 Å². The Morgan fingerprint density at radius 2 is 2.05 bits per heavy atom. The first-order valence-electron chi connectivity index (χ1n) is 6.06. The van der Waals surface area contributed by atoms with Crippen molar-refractivity contribution in [1.82, 2.24) is 9.97 Å². The van der Waals surface area contributed by atoms with Crippen LogP contribution in [0.2, 0.25) is 0 Å². The Hall–Kier alpha value is -2.67. The second-order valence-electron chi connectivity index (χ2n) is 3.85. The summed E-state index contributed by atoms with van der Waals surface area (Å²) in [6.07, 6.45) is 2.79. The molecule has 2 aromatic rings. The molecule has 1 aromatic heterocycles. The number of carbonyl (C=O) groups excluding carboxylic acids is 1. The van der Waals surface area contributed by atoms with E-state index in [1.165, 1.54) is 12.4 Å². The Balaban J connectivity index is 2.06. The number of benzene rings is 1. The van der Waals surface area contributed by atoms with Gasteiger partial charge < -0.3 is 15.5 Å². The van der Waals surface area contributed by atoms with Gasteiger partial charge in [-0.2, -0.15) is 0 Å². The number of hydrazine groups is 1. The molecule has 104 valence electrons. The molecule has 0 aliphatic heterocycles. The number of nitrogen functional groups attached to an aromatic ring is 1. The third-order valence-electron chi connectivity index (χ3n) is 2.44. The van der Waals surface area contributed by atoms with Crippen molar-refractivity contribution in [2.24, 2.45) is 5.84 Å². The van der Waals surface area contributed by atoms with Gasteiger partial charge in [-0.3, -0.25) is 9.78 Å². The Bertz CT molecular complexity index is 586. The van der Waals surface area contributed by atoms with E-state index < -0.39 is 0 Å². The summed E-state index contributed by atoms with van der Waals surface area (Å²) in [6.45, 7) is 2.51. The van der Waals surface area contributed by atoms with E-state index in [1.54, 1.807) is 24.3 Å². The lowest BCUT2D eigenvalue weighted by atomic mass is 10.3. The van der Waals surface area contributed by atoms with Crippen molar-refractivity contribution < 1.29 is 9.53 Å². The van der Waals surface area contributed by atoms with Crippen LogP contribution in [0.4, 0.5) is 11.5 Å². The third kappa shape index (κ3) is 3.42. The molecule has 1 heterocycles. The first-order valence-corrected chi connectivity index (χ1v) is 6.06. The Morgan fingerprint density at radius 3 is 2.70 bits per heavy atom. The van der Waals surface area contributed by atoms with Crippen LogP contribution in [0, 0.1) is 0 Å². The summed E-state index contributed by atoms with van der Waals surface area (Å²) in [5.41, 5.74) is 3.16. The second-order valence-corrected chi connectivity index (χ2v) is 3.85. The molecule has 7 nitrogen and oxygen atoms in total. The lowest BCUT2D eigenvalue weighted by molar-refractivity contribution is 0.102. The van der Waals surface area contributed by atoms with Crippen molar-refractivity contribution in [1.29, 1.82) is 0 Å². The standard InChI is InChI=1S/C13H15N5O2/c1-2-20-10-5-3-9(4-6-10)16-13(19)11-7-15-8-12(17-11)18-14/h3-8H,2,14H2,1H3,(H,16,19)(H,17,18). The van der Waals surface area contributed by atoms with Crippen LogP contribution in [0.15, 0.2) is 36.7 Å². The molecule has 0 aliphatic rings. The molecule has 0 saturated carbocycles. The molecule has 0 spiro atoms. The molecule has 2 rings (SSSR count). The average molecular weight is 273 g/mol. The smallest absolute Gasteiger partial charge is 0.275 e. The number of carbonyl (C=O) groups is 1. The summed E-state index contributed by atoms with van der Waals surface area (Å²) in [5.74, 6) is 5.93. The molecule has 0 saturated heterocycles. The number of aromatic nitrogens is 2. The van der Waals surface area contributed by atoms with Crippen LogP contribution in [-0.4, -0.2) is 22.5 Å². The van der Waals surface area contributed by atoms with E-state index in [0.717, 1.165) is 5.75 Å². The number of anilines is 2. The molecule has 0 fully saturated rings. The lowest BCUT2D eigenvalue weighted by Gasteiger charge is -2.07. The number of nitrogens with zero attached hydrogens (tertiary/aromatic N) is 2. The fourth-order valence-electron chi connectivity index (χ4n) is 1.54. The van der Waals surface area contributed by atoms with E-state index in [1.807, 2.05) is 6.92 Å². The van der Waals surface area contributed by atoms with Crippen LogP contribution in [0.3, 0.4) is 0 Å². The zero-order valence-electron chi connectivity index (χ0n) is 11.0. The van der Waals surface area contributed by atoms with Gasteiger partial charge in [0.1, 0.15) is 11.4 Å². The highest BCUT2D eigenvalue weighted by molar-refractivity contribution is 6.02. The van der Waals surface area contributed by atoms with Crippen LogP contribution in [0.25, 0.3) is 0 Å². The fourth-order valence-corrected chi connectivity index (χ4v) is 1.54. The van der Waals surface area contributed by atoms with Crippen molar-refractivity contribution in [3.8, 4) is 5.75 Å². The van der Waals surface area contributed by atoms with Gasteiger partial charge in [-0.15, -0.1) is 0 Å². The minimum absolute atomic E-state index is 0.175. The summed E-state index contributed by atoms with van der Waals surface area (Å²) in [7, 11) is 0. The quantitative estimate of drug-likeness (QED) is 0.562. The molecular weight excluding hydrogens is 258 g/mol. The zero-order chi connectivity index (χ0) is 14.4. The number of amides is 1. The molecule has 0 atom stereocenters. The fraction of sp³-hybridized carbons (Fsp3) is 0.154. The SMILES string of the molecule is CCOc1ccc(NC(=O)c2cncc(NN)n2)cc1. The average Bonchev–Trinajstić information content (AvgIpc) is 2.49. The number of ether oxygens (including phenoxy) is 1. The number of hydrogen-bond donors (Lipinski definition) is 3. The predicted octanol–water partition coefficient (Wildman–Crippen LogP) is 1.41. The normalized spacial score (nSPS) is 9.90. The van der Waals surface area contributed by atoms with E-state index in [4.69, 9.17) is 10.6 Å². The van der Waals surface area contributed by atoms with Gasteiger partial charge in [-0.1, -0.05) is 0 Å². The monoisotopic (exact) mass is 273 g/mol. The maximum absolute atomic E-state index is 12.0. The van der Waals surface area contributed by atoms with Gasteiger partial charge in [-0.05, 0) is 31.2 Å². The molecule has 0 radical (unpaired) electrons. The molecule has 0 aliphatic carbocycles. The summed E-state index contributed by atoms with van der Waals surface area (Å²) < 4.78 is 5.32.